The number of carbonyl (C=O) groups is 1. The van der Waals surface area contributed by atoms with Gasteiger partial charge in [0.15, 0.2) is 5.65 Å². The second-order valence-electron chi connectivity index (χ2n) is 9.41. The Bertz CT molecular complexity index is 1340. The van der Waals surface area contributed by atoms with E-state index in [9.17, 15) is 9.18 Å². The fourth-order valence-corrected chi connectivity index (χ4v) is 4.17. The van der Waals surface area contributed by atoms with E-state index >= 15 is 0 Å². The molecule has 0 radical (unpaired) electrons. The SMILES string of the molecule is CC(C)(C)OC(=O)N1CCN(c2ccc(-c3cc(OCCF)cn4nc5[nH]ncc5c34)cn2)CC1. The Hall–Kier alpha value is -3.89. The van der Waals surface area contributed by atoms with Crippen LogP contribution in [0.1, 0.15) is 20.8 Å². The summed E-state index contributed by atoms with van der Waals surface area (Å²) in [5.74, 6) is 1.35. The van der Waals surface area contributed by atoms with E-state index in [1.165, 1.54) is 0 Å². The van der Waals surface area contributed by atoms with Gasteiger partial charge in [-0.25, -0.2) is 18.7 Å². The van der Waals surface area contributed by atoms with E-state index < -0.39 is 12.3 Å². The molecule has 0 aliphatic carbocycles. The third kappa shape index (κ3) is 4.71. The number of nitrogens with zero attached hydrogens (tertiary/aromatic N) is 6. The second-order valence-corrected chi connectivity index (χ2v) is 9.41. The number of amides is 1. The number of piperazine rings is 1. The van der Waals surface area contributed by atoms with E-state index in [-0.39, 0.29) is 12.7 Å². The fourth-order valence-electron chi connectivity index (χ4n) is 4.17. The van der Waals surface area contributed by atoms with Gasteiger partial charge >= 0.3 is 6.09 Å². The number of carbonyl (C=O) groups excluding carboxylic acids is 1. The highest BCUT2D eigenvalue weighted by Gasteiger charge is 2.26. The maximum absolute atomic E-state index is 12.7. The Labute approximate surface area is 201 Å². The third-order valence-corrected chi connectivity index (χ3v) is 5.76. The largest absolute Gasteiger partial charge is 0.489 e. The van der Waals surface area contributed by atoms with Crippen molar-refractivity contribution in [3.63, 3.8) is 0 Å². The molecule has 35 heavy (non-hydrogen) atoms. The molecule has 5 rings (SSSR count). The maximum atomic E-state index is 12.7. The van der Waals surface area contributed by atoms with Crippen LogP contribution < -0.4 is 9.64 Å². The summed E-state index contributed by atoms with van der Waals surface area (Å²) in [7, 11) is 0. The van der Waals surface area contributed by atoms with Crippen LogP contribution in [0.25, 0.3) is 27.7 Å². The number of aromatic amines is 1. The number of aromatic nitrogens is 5. The van der Waals surface area contributed by atoms with Crippen molar-refractivity contribution in [1.29, 1.82) is 0 Å². The minimum absolute atomic E-state index is 0.0297. The molecule has 0 unspecified atom stereocenters. The van der Waals surface area contributed by atoms with E-state index in [1.807, 2.05) is 45.2 Å². The molecule has 4 aromatic rings. The smallest absolute Gasteiger partial charge is 0.410 e. The molecule has 11 heteroatoms. The summed E-state index contributed by atoms with van der Waals surface area (Å²) < 4.78 is 25.4. The van der Waals surface area contributed by atoms with Gasteiger partial charge in [-0.1, -0.05) is 0 Å². The van der Waals surface area contributed by atoms with Crippen molar-refractivity contribution >= 4 is 28.5 Å². The zero-order chi connectivity index (χ0) is 24.6. The molecule has 0 saturated carbocycles. The van der Waals surface area contributed by atoms with Gasteiger partial charge in [0.05, 0.1) is 23.3 Å². The predicted octanol–water partition coefficient (Wildman–Crippen LogP) is 3.68. The molecule has 1 aliphatic heterocycles. The first kappa shape index (κ1) is 22.9. The lowest BCUT2D eigenvalue weighted by atomic mass is 10.1. The lowest BCUT2D eigenvalue weighted by Crippen LogP contribution is -2.50. The van der Waals surface area contributed by atoms with Gasteiger partial charge in [0, 0.05) is 43.5 Å². The van der Waals surface area contributed by atoms with E-state index in [0.29, 0.717) is 37.6 Å². The highest BCUT2D eigenvalue weighted by Crippen LogP contribution is 2.33. The number of halogens is 1. The van der Waals surface area contributed by atoms with Crippen molar-refractivity contribution < 1.29 is 18.7 Å². The summed E-state index contributed by atoms with van der Waals surface area (Å²) in [5.41, 5.74) is 2.74. The third-order valence-electron chi connectivity index (χ3n) is 5.76. The first-order valence-electron chi connectivity index (χ1n) is 11.6. The van der Waals surface area contributed by atoms with Crippen molar-refractivity contribution in [2.75, 3.05) is 44.4 Å². The monoisotopic (exact) mass is 481 g/mol. The van der Waals surface area contributed by atoms with Gasteiger partial charge in [-0.15, -0.1) is 5.10 Å². The highest BCUT2D eigenvalue weighted by molar-refractivity contribution is 6.00. The minimum atomic E-state index is -0.575. The van der Waals surface area contributed by atoms with Crippen LogP contribution in [0.3, 0.4) is 0 Å². The topological polar surface area (TPSA) is 101 Å². The Kier molecular flexibility index (Phi) is 5.91. The average Bonchev–Trinajstić information content (AvgIpc) is 3.42. The van der Waals surface area contributed by atoms with E-state index in [1.54, 1.807) is 21.8 Å². The number of alkyl halides is 1. The molecule has 1 N–H and O–H groups in total. The predicted molar refractivity (Wildman–Crippen MR) is 130 cm³/mol. The lowest BCUT2D eigenvalue weighted by Gasteiger charge is -2.36. The van der Waals surface area contributed by atoms with Crippen LogP contribution in [-0.4, -0.2) is 80.9 Å². The Balaban J connectivity index is 1.37. The van der Waals surface area contributed by atoms with Gasteiger partial charge in [-0.3, -0.25) is 5.10 Å². The van der Waals surface area contributed by atoms with E-state index in [2.05, 4.69) is 20.2 Å². The number of fused-ring (bicyclic) bond motifs is 3. The molecule has 1 fully saturated rings. The van der Waals surface area contributed by atoms with Crippen molar-refractivity contribution in [3.05, 3.63) is 36.8 Å². The van der Waals surface area contributed by atoms with Crippen LogP contribution in [0.4, 0.5) is 15.0 Å². The number of anilines is 1. The molecule has 0 atom stereocenters. The molecule has 184 valence electrons. The molecular formula is C24H28FN7O3. The molecule has 0 spiro atoms. The molecule has 5 heterocycles. The first-order chi connectivity index (χ1) is 16.8. The van der Waals surface area contributed by atoms with Gasteiger partial charge < -0.3 is 19.3 Å². The number of pyridine rings is 2. The van der Waals surface area contributed by atoms with Crippen molar-refractivity contribution in [2.24, 2.45) is 0 Å². The van der Waals surface area contributed by atoms with Crippen LogP contribution in [0.2, 0.25) is 0 Å². The quantitative estimate of drug-likeness (QED) is 0.464. The Morgan fingerprint density at radius 2 is 1.97 bits per heavy atom. The normalized spacial score (nSPS) is 14.6. The van der Waals surface area contributed by atoms with Gasteiger partial charge in [-0.05, 0) is 39.0 Å². The molecule has 1 saturated heterocycles. The van der Waals surface area contributed by atoms with Gasteiger partial charge in [-0.2, -0.15) is 5.10 Å². The Morgan fingerprint density at radius 1 is 1.17 bits per heavy atom. The van der Waals surface area contributed by atoms with Gasteiger partial charge in [0.1, 0.15) is 30.4 Å². The highest BCUT2D eigenvalue weighted by atomic mass is 19.1. The molecular weight excluding hydrogens is 453 g/mol. The number of nitrogens with one attached hydrogen (secondary N) is 1. The molecule has 0 aromatic carbocycles. The molecule has 1 amide bonds. The zero-order valence-corrected chi connectivity index (χ0v) is 20.0. The zero-order valence-electron chi connectivity index (χ0n) is 20.0. The van der Waals surface area contributed by atoms with E-state index in [0.717, 1.165) is 27.8 Å². The summed E-state index contributed by atoms with van der Waals surface area (Å²) in [6.07, 6.45) is 4.98. The molecule has 10 nitrogen and oxygen atoms in total. The average molecular weight is 482 g/mol. The second kappa shape index (κ2) is 9.05. The number of hydrogen-bond donors (Lipinski definition) is 1. The van der Waals surface area contributed by atoms with Crippen molar-refractivity contribution in [1.82, 2.24) is 29.7 Å². The summed E-state index contributed by atoms with van der Waals surface area (Å²) in [4.78, 5) is 20.9. The summed E-state index contributed by atoms with van der Waals surface area (Å²) >= 11 is 0. The lowest BCUT2D eigenvalue weighted by molar-refractivity contribution is 0.0240. The van der Waals surface area contributed by atoms with E-state index in [4.69, 9.17) is 14.5 Å². The van der Waals surface area contributed by atoms with Gasteiger partial charge in [0.25, 0.3) is 0 Å². The van der Waals surface area contributed by atoms with Crippen LogP contribution in [-0.2, 0) is 4.74 Å². The number of hydrogen-bond acceptors (Lipinski definition) is 7. The summed E-state index contributed by atoms with van der Waals surface area (Å²) in [6.45, 7) is 7.47. The minimum Gasteiger partial charge on any atom is -0.489 e. The maximum Gasteiger partial charge on any atom is 0.410 e. The molecule has 1 aliphatic rings. The number of ether oxygens (including phenoxy) is 2. The summed E-state index contributed by atoms with van der Waals surface area (Å²) in [6, 6.07) is 5.83. The van der Waals surface area contributed by atoms with Gasteiger partial charge in [0.2, 0.25) is 0 Å². The molecule has 4 aromatic heterocycles. The van der Waals surface area contributed by atoms with Crippen molar-refractivity contribution in [2.45, 2.75) is 26.4 Å². The molecule has 0 bridgehead atoms. The van der Waals surface area contributed by atoms with Crippen LogP contribution in [0.15, 0.2) is 36.8 Å². The number of H-pyrrole nitrogens is 1. The van der Waals surface area contributed by atoms with Crippen LogP contribution in [0.5, 0.6) is 5.75 Å². The first-order valence-corrected chi connectivity index (χ1v) is 11.6. The standard InChI is InChI=1S/C24H28FN7O3/c1-24(2,3)35-23(33)31-9-7-30(8-10-31)20-5-4-16(13-26-20)18-12-17(34-11-6-25)15-32-21(18)19-14-27-28-22(19)29-32/h4-5,12-15H,6-11H2,1-3H3,(H,28,29). The van der Waals surface area contributed by atoms with Crippen LogP contribution >= 0.6 is 0 Å². The number of rotatable bonds is 5. The Morgan fingerprint density at radius 3 is 2.66 bits per heavy atom. The fraction of sp³-hybridized carbons (Fsp3) is 0.417. The van der Waals surface area contributed by atoms with Crippen LogP contribution in [0, 0.1) is 0 Å². The summed E-state index contributed by atoms with van der Waals surface area (Å²) in [5, 5.41) is 12.4. The van der Waals surface area contributed by atoms with Crippen molar-refractivity contribution in [3.8, 4) is 16.9 Å².